The Bertz CT molecular complexity index is 676. The van der Waals surface area contributed by atoms with E-state index in [4.69, 9.17) is 28.9 Å². The minimum Gasteiger partial charge on any atom is -0.370 e. The summed E-state index contributed by atoms with van der Waals surface area (Å²) in [6, 6.07) is 15.8. The number of nitrogens with zero attached hydrogens (tertiary/aromatic N) is 1. The number of carbonyl (C=O) groups excluding carboxylic acids is 1. The Morgan fingerprint density at radius 2 is 1.83 bits per heavy atom. The van der Waals surface area contributed by atoms with Crippen LogP contribution in [0.25, 0.3) is 0 Å². The molecule has 0 spiro atoms. The van der Waals surface area contributed by atoms with Gasteiger partial charge >= 0.3 is 0 Å². The van der Waals surface area contributed by atoms with Crippen LogP contribution in [0.1, 0.15) is 29.9 Å². The summed E-state index contributed by atoms with van der Waals surface area (Å²) < 4.78 is 0. The molecule has 0 saturated carbocycles. The van der Waals surface area contributed by atoms with Crippen molar-refractivity contribution in [3.05, 3.63) is 69.7 Å². The van der Waals surface area contributed by atoms with E-state index >= 15 is 0 Å². The second-order valence-corrected chi connectivity index (χ2v) is 6.87. The van der Waals surface area contributed by atoms with Gasteiger partial charge in [-0.15, -0.1) is 0 Å². The molecule has 0 heterocycles. The molecule has 0 saturated heterocycles. The van der Waals surface area contributed by atoms with Gasteiger partial charge in [0.15, 0.2) is 0 Å². The number of hydrogen-bond donors (Lipinski definition) is 1. The summed E-state index contributed by atoms with van der Waals surface area (Å²) in [5.74, 6) is -0.271. The Kier molecular flexibility index (Phi) is 7.10. The highest BCUT2D eigenvalue weighted by Crippen LogP contribution is 2.30. The topological polar surface area (TPSA) is 46.3 Å². The van der Waals surface area contributed by atoms with E-state index in [1.54, 1.807) is 6.07 Å². The SMILES string of the molecule is CN(CCC(CC(N)=O)c1ccc(Cl)c(Cl)c1)Cc1ccccc1. The molecular weight excluding hydrogens is 343 g/mol. The fourth-order valence-corrected chi connectivity index (χ4v) is 3.05. The van der Waals surface area contributed by atoms with Crippen LogP contribution in [0.5, 0.6) is 0 Å². The Morgan fingerprint density at radius 1 is 1.12 bits per heavy atom. The number of rotatable bonds is 8. The van der Waals surface area contributed by atoms with Crippen molar-refractivity contribution >= 4 is 29.1 Å². The summed E-state index contributed by atoms with van der Waals surface area (Å²) in [5.41, 5.74) is 7.68. The minimum absolute atomic E-state index is 0.0375. The maximum Gasteiger partial charge on any atom is 0.218 e. The van der Waals surface area contributed by atoms with Gasteiger partial charge in [-0.25, -0.2) is 0 Å². The van der Waals surface area contributed by atoms with Crippen molar-refractivity contribution in [2.45, 2.75) is 25.3 Å². The molecule has 0 aliphatic carbocycles. The number of nitrogens with two attached hydrogens (primary N) is 1. The zero-order valence-corrected chi connectivity index (χ0v) is 15.2. The molecule has 2 aromatic rings. The van der Waals surface area contributed by atoms with E-state index in [1.807, 2.05) is 30.3 Å². The number of halogens is 2. The van der Waals surface area contributed by atoms with Crippen LogP contribution in [-0.2, 0) is 11.3 Å². The number of hydrogen-bond acceptors (Lipinski definition) is 2. The Balaban J connectivity index is 2.00. The largest absolute Gasteiger partial charge is 0.370 e. The van der Waals surface area contributed by atoms with Crippen LogP contribution in [0, 0.1) is 0 Å². The molecule has 2 N–H and O–H groups in total. The summed E-state index contributed by atoms with van der Waals surface area (Å²) in [6.45, 7) is 1.72. The van der Waals surface area contributed by atoms with Crippen molar-refractivity contribution in [3.63, 3.8) is 0 Å². The van der Waals surface area contributed by atoms with Crippen LogP contribution in [0.15, 0.2) is 48.5 Å². The van der Waals surface area contributed by atoms with Crippen molar-refractivity contribution in [3.8, 4) is 0 Å². The second-order valence-electron chi connectivity index (χ2n) is 6.05. The molecule has 128 valence electrons. The van der Waals surface area contributed by atoms with Gasteiger partial charge in [0.1, 0.15) is 0 Å². The van der Waals surface area contributed by atoms with E-state index < -0.39 is 0 Å². The van der Waals surface area contributed by atoms with E-state index in [9.17, 15) is 4.79 Å². The average Bonchev–Trinajstić information content (AvgIpc) is 2.54. The second kappa shape index (κ2) is 9.07. The summed E-state index contributed by atoms with van der Waals surface area (Å²) in [4.78, 5) is 13.7. The Hall–Kier alpha value is -1.55. The van der Waals surface area contributed by atoms with E-state index in [0.717, 1.165) is 25.1 Å². The third-order valence-electron chi connectivity index (χ3n) is 4.02. The molecule has 1 unspecified atom stereocenters. The molecule has 0 aliphatic rings. The standard InChI is InChI=1S/C19H22Cl2N2O/c1-23(13-14-5-3-2-4-6-14)10-9-16(12-19(22)24)15-7-8-17(20)18(21)11-15/h2-8,11,16H,9-10,12-13H2,1H3,(H2,22,24). The van der Waals surface area contributed by atoms with Crippen LogP contribution in [0.2, 0.25) is 10.0 Å². The summed E-state index contributed by atoms with van der Waals surface area (Å²) in [7, 11) is 2.07. The van der Waals surface area contributed by atoms with E-state index in [-0.39, 0.29) is 11.8 Å². The van der Waals surface area contributed by atoms with Gasteiger partial charge in [-0.05, 0) is 49.2 Å². The lowest BCUT2D eigenvalue weighted by atomic mass is 9.92. The van der Waals surface area contributed by atoms with Gasteiger partial charge < -0.3 is 10.6 Å². The van der Waals surface area contributed by atoms with E-state index in [2.05, 4.69) is 24.1 Å². The smallest absolute Gasteiger partial charge is 0.218 e. The summed E-state index contributed by atoms with van der Waals surface area (Å²) >= 11 is 12.1. The molecule has 2 rings (SSSR count). The van der Waals surface area contributed by atoms with Crippen molar-refractivity contribution in [1.82, 2.24) is 4.90 Å². The first-order chi connectivity index (χ1) is 11.5. The third kappa shape index (κ3) is 5.82. The molecule has 0 aromatic heterocycles. The molecule has 2 aromatic carbocycles. The zero-order chi connectivity index (χ0) is 17.5. The quantitative estimate of drug-likeness (QED) is 0.750. The van der Waals surface area contributed by atoms with E-state index in [0.29, 0.717) is 16.5 Å². The molecule has 1 amide bonds. The van der Waals surface area contributed by atoms with Gasteiger partial charge in [-0.1, -0.05) is 59.6 Å². The van der Waals surface area contributed by atoms with Gasteiger partial charge in [0.05, 0.1) is 10.0 Å². The summed E-state index contributed by atoms with van der Waals surface area (Å²) in [5, 5.41) is 1.01. The molecule has 0 radical (unpaired) electrons. The molecule has 24 heavy (non-hydrogen) atoms. The number of amides is 1. The fourth-order valence-electron chi connectivity index (χ4n) is 2.75. The minimum atomic E-state index is -0.309. The lowest BCUT2D eigenvalue weighted by Crippen LogP contribution is -2.23. The Labute approximate surface area is 153 Å². The normalized spacial score (nSPS) is 12.3. The number of carbonyl (C=O) groups is 1. The first kappa shape index (κ1) is 18.8. The highest BCUT2D eigenvalue weighted by molar-refractivity contribution is 6.42. The van der Waals surface area contributed by atoms with Gasteiger partial charge in [-0.2, -0.15) is 0 Å². The van der Waals surface area contributed by atoms with Crippen molar-refractivity contribution in [2.24, 2.45) is 5.73 Å². The predicted molar refractivity (Wildman–Crippen MR) is 100 cm³/mol. The predicted octanol–water partition coefficient (Wildman–Crippen LogP) is 4.47. The monoisotopic (exact) mass is 364 g/mol. The van der Waals surface area contributed by atoms with Crippen molar-refractivity contribution < 1.29 is 4.79 Å². The zero-order valence-electron chi connectivity index (χ0n) is 13.7. The summed E-state index contributed by atoms with van der Waals surface area (Å²) in [6.07, 6.45) is 1.13. The maximum absolute atomic E-state index is 11.4. The molecule has 0 fully saturated rings. The van der Waals surface area contributed by atoms with Crippen molar-refractivity contribution in [2.75, 3.05) is 13.6 Å². The number of primary amides is 1. The van der Waals surface area contributed by atoms with Crippen molar-refractivity contribution in [1.29, 1.82) is 0 Å². The van der Waals surface area contributed by atoms with Gasteiger partial charge in [-0.3, -0.25) is 4.79 Å². The highest BCUT2D eigenvalue weighted by Gasteiger charge is 2.16. The van der Waals surface area contributed by atoms with Crippen LogP contribution < -0.4 is 5.73 Å². The average molecular weight is 365 g/mol. The highest BCUT2D eigenvalue weighted by atomic mass is 35.5. The van der Waals surface area contributed by atoms with Crippen LogP contribution in [0.4, 0.5) is 0 Å². The van der Waals surface area contributed by atoms with Gasteiger partial charge in [0, 0.05) is 13.0 Å². The molecular formula is C19H22Cl2N2O. The lowest BCUT2D eigenvalue weighted by molar-refractivity contribution is -0.118. The van der Waals surface area contributed by atoms with Crippen LogP contribution in [0.3, 0.4) is 0 Å². The molecule has 3 nitrogen and oxygen atoms in total. The fraction of sp³-hybridized carbons (Fsp3) is 0.316. The maximum atomic E-state index is 11.4. The third-order valence-corrected chi connectivity index (χ3v) is 4.76. The molecule has 5 heteroatoms. The van der Waals surface area contributed by atoms with Gasteiger partial charge in [0.2, 0.25) is 5.91 Å². The van der Waals surface area contributed by atoms with Crippen LogP contribution in [-0.4, -0.2) is 24.4 Å². The van der Waals surface area contributed by atoms with E-state index in [1.165, 1.54) is 5.56 Å². The van der Waals surface area contributed by atoms with Crippen LogP contribution >= 0.6 is 23.2 Å². The Morgan fingerprint density at radius 3 is 2.46 bits per heavy atom. The first-order valence-electron chi connectivity index (χ1n) is 7.91. The molecule has 0 bridgehead atoms. The molecule has 1 atom stereocenters. The number of benzene rings is 2. The van der Waals surface area contributed by atoms with Gasteiger partial charge in [0.25, 0.3) is 0 Å². The first-order valence-corrected chi connectivity index (χ1v) is 8.67. The molecule has 0 aliphatic heterocycles. The lowest BCUT2D eigenvalue weighted by Gasteiger charge is -2.22.